The Morgan fingerprint density at radius 1 is 1.35 bits per heavy atom. The summed E-state index contributed by atoms with van der Waals surface area (Å²) in [6.45, 7) is 4.33. The summed E-state index contributed by atoms with van der Waals surface area (Å²) < 4.78 is 32.5. The molecular weight excluding hydrogens is 276 g/mol. The number of hydrogen-bond donors (Lipinski definition) is 1. The van der Waals surface area contributed by atoms with E-state index >= 15 is 0 Å². The van der Waals surface area contributed by atoms with E-state index in [1.165, 1.54) is 13.2 Å². The van der Waals surface area contributed by atoms with E-state index < -0.39 is 10.0 Å². The van der Waals surface area contributed by atoms with Crippen LogP contribution in [0.1, 0.15) is 31.7 Å². The van der Waals surface area contributed by atoms with Crippen molar-refractivity contribution in [1.29, 1.82) is 0 Å². The minimum Gasteiger partial charge on any atom is -0.495 e. The second-order valence-corrected chi connectivity index (χ2v) is 7.18. The van der Waals surface area contributed by atoms with Gasteiger partial charge < -0.3 is 10.5 Å². The Balaban J connectivity index is 2.51. The van der Waals surface area contributed by atoms with Gasteiger partial charge in [-0.15, -0.1) is 0 Å². The van der Waals surface area contributed by atoms with Crippen LogP contribution in [0.4, 0.5) is 5.69 Å². The zero-order valence-corrected chi connectivity index (χ0v) is 13.0. The third-order valence-electron chi connectivity index (χ3n) is 3.88. The van der Waals surface area contributed by atoms with Crippen molar-refractivity contribution in [2.75, 3.05) is 19.4 Å². The fourth-order valence-corrected chi connectivity index (χ4v) is 4.47. The van der Waals surface area contributed by atoms with Gasteiger partial charge in [0.05, 0.1) is 7.11 Å². The average molecular weight is 298 g/mol. The second-order valence-electron chi connectivity index (χ2n) is 5.32. The van der Waals surface area contributed by atoms with Crippen LogP contribution in [-0.2, 0) is 10.0 Å². The summed E-state index contributed by atoms with van der Waals surface area (Å²) in [7, 11) is -2.09. The Kier molecular flexibility index (Phi) is 4.25. The van der Waals surface area contributed by atoms with E-state index in [1.807, 2.05) is 13.8 Å². The zero-order chi connectivity index (χ0) is 14.9. The van der Waals surface area contributed by atoms with Crippen LogP contribution in [0.25, 0.3) is 0 Å². The number of methoxy groups -OCH3 is 1. The van der Waals surface area contributed by atoms with Gasteiger partial charge in [0.1, 0.15) is 10.6 Å². The molecule has 2 N–H and O–H groups in total. The largest absolute Gasteiger partial charge is 0.495 e. The zero-order valence-electron chi connectivity index (χ0n) is 12.2. The minimum absolute atomic E-state index is 0.0148. The molecule has 1 atom stereocenters. The van der Waals surface area contributed by atoms with Crippen molar-refractivity contribution in [1.82, 2.24) is 4.31 Å². The maximum absolute atomic E-state index is 12.8. The molecule has 0 spiro atoms. The molecule has 0 aliphatic carbocycles. The molecule has 0 amide bonds. The van der Waals surface area contributed by atoms with Crippen LogP contribution in [0.15, 0.2) is 17.0 Å². The standard InChI is InChI=1S/C14H22N2O3S/c1-10-8-13(19-3)14(9-12(10)15)20(17,18)16-7-5-4-6-11(16)2/h8-9,11H,4-7,15H2,1-3H3. The third kappa shape index (κ3) is 2.62. The molecule has 2 rings (SSSR count). The lowest BCUT2D eigenvalue weighted by Gasteiger charge is -2.32. The predicted octanol–water partition coefficient (Wildman–Crippen LogP) is 2.15. The van der Waals surface area contributed by atoms with Crippen molar-refractivity contribution in [2.24, 2.45) is 0 Å². The van der Waals surface area contributed by atoms with Crippen LogP contribution in [0.5, 0.6) is 5.75 Å². The molecule has 1 aromatic rings. The van der Waals surface area contributed by atoms with Crippen LogP contribution >= 0.6 is 0 Å². The predicted molar refractivity (Wildman–Crippen MR) is 79.3 cm³/mol. The number of sulfonamides is 1. The third-order valence-corrected chi connectivity index (χ3v) is 5.92. The lowest BCUT2D eigenvalue weighted by atomic mass is 10.1. The van der Waals surface area contributed by atoms with Gasteiger partial charge in [-0.05, 0) is 44.4 Å². The van der Waals surface area contributed by atoms with Gasteiger partial charge in [-0.25, -0.2) is 8.42 Å². The smallest absolute Gasteiger partial charge is 0.247 e. The van der Waals surface area contributed by atoms with E-state index in [0.29, 0.717) is 18.0 Å². The Bertz CT molecular complexity index is 599. The molecule has 1 fully saturated rings. The Morgan fingerprint density at radius 3 is 2.65 bits per heavy atom. The second kappa shape index (κ2) is 5.61. The number of rotatable bonds is 3. The van der Waals surface area contributed by atoms with E-state index in [9.17, 15) is 8.42 Å². The first kappa shape index (κ1) is 15.1. The number of hydrogen-bond acceptors (Lipinski definition) is 4. The quantitative estimate of drug-likeness (QED) is 0.868. The Morgan fingerprint density at radius 2 is 2.05 bits per heavy atom. The van der Waals surface area contributed by atoms with Crippen LogP contribution < -0.4 is 10.5 Å². The average Bonchev–Trinajstić information content (AvgIpc) is 2.41. The normalized spacial score (nSPS) is 20.9. The van der Waals surface area contributed by atoms with E-state index in [1.54, 1.807) is 10.4 Å². The highest BCUT2D eigenvalue weighted by Crippen LogP contribution is 2.33. The minimum atomic E-state index is -3.56. The molecule has 0 radical (unpaired) electrons. The number of piperidine rings is 1. The topological polar surface area (TPSA) is 72.6 Å². The molecule has 20 heavy (non-hydrogen) atoms. The first-order chi connectivity index (χ1) is 9.37. The maximum atomic E-state index is 12.8. The van der Waals surface area contributed by atoms with Crippen molar-refractivity contribution >= 4 is 15.7 Å². The number of nitrogen functional groups attached to an aromatic ring is 1. The molecule has 112 valence electrons. The molecular formula is C14H22N2O3S. The maximum Gasteiger partial charge on any atom is 0.247 e. The molecule has 1 aromatic carbocycles. The lowest BCUT2D eigenvalue weighted by molar-refractivity contribution is 0.267. The molecule has 1 heterocycles. The highest BCUT2D eigenvalue weighted by atomic mass is 32.2. The number of anilines is 1. The van der Waals surface area contributed by atoms with Gasteiger partial charge in [0, 0.05) is 18.3 Å². The first-order valence-electron chi connectivity index (χ1n) is 6.84. The highest BCUT2D eigenvalue weighted by molar-refractivity contribution is 7.89. The van der Waals surface area contributed by atoms with Gasteiger partial charge in [0.25, 0.3) is 0 Å². The number of aryl methyl sites for hydroxylation is 1. The van der Waals surface area contributed by atoms with Crippen LogP contribution in [0.2, 0.25) is 0 Å². The molecule has 1 aliphatic heterocycles. The summed E-state index contributed by atoms with van der Waals surface area (Å²) in [6.07, 6.45) is 2.86. The van der Waals surface area contributed by atoms with E-state index in [0.717, 1.165) is 24.8 Å². The molecule has 0 aromatic heterocycles. The van der Waals surface area contributed by atoms with E-state index in [-0.39, 0.29) is 10.9 Å². The molecule has 5 nitrogen and oxygen atoms in total. The van der Waals surface area contributed by atoms with Gasteiger partial charge in [-0.3, -0.25) is 0 Å². The highest BCUT2D eigenvalue weighted by Gasteiger charge is 2.33. The van der Waals surface area contributed by atoms with Crippen molar-refractivity contribution in [3.05, 3.63) is 17.7 Å². The van der Waals surface area contributed by atoms with Gasteiger partial charge in [0.15, 0.2) is 0 Å². The van der Waals surface area contributed by atoms with E-state index in [4.69, 9.17) is 10.5 Å². The summed E-state index contributed by atoms with van der Waals surface area (Å²) >= 11 is 0. The van der Waals surface area contributed by atoms with Crippen molar-refractivity contribution in [2.45, 2.75) is 44.0 Å². The fourth-order valence-electron chi connectivity index (χ4n) is 2.59. The Hall–Kier alpha value is -1.27. The van der Waals surface area contributed by atoms with Crippen molar-refractivity contribution in [3.63, 3.8) is 0 Å². The monoisotopic (exact) mass is 298 g/mol. The van der Waals surface area contributed by atoms with Crippen LogP contribution in [0, 0.1) is 6.92 Å². The molecule has 6 heteroatoms. The molecule has 0 saturated carbocycles. The molecule has 1 unspecified atom stereocenters. The van der Waals surface area contributed by atoms with Gasteiger partial charge in [0.2, 0.25) is 10.0 Å². The molecule has 1 aliphatic rings. The van der Waals surface area contributed by atoms with Crippen molar-refractivity contribution < 1.29 is 13.2 Å². The summed E-state index contributed by atoms with van der Waals surface area (Å²) in [6, 6.07) is 3.20. The van der Waals surface area contributed by atoms with Gasteiger partial charge >= 0.3 is 0 Å². The number of ether oxygens (including phenoxy) is 1. The number of nitrogens with zero attached hydrogens (tertiary/aromatic N) is 1. The first-order valence-corrected chi connectivity index (χ1v) is 8.28. The summed E-state index contributed by atoms with van der Waals surface area (Å²) in [4.78, 5) is 0.164. The SMILES string of the molecule is COc1cc(C)c(N)cc1S(=O)(=O)N1CCCCC1C. The van der Waals surface area contributed by atoms with Gasteiger partial charge in [-0.1, -0.05) is 6.42 Å². The lowest BCUT2D eigenvalue weighted by Crippen LogP contribution is -2.42. The fraction of sp³-hybridized carbons (Fsp3) is 0.571. The van der Waals surface area contributed by atoms with Crippen LogP contribution in [-0.4, -0.2) is 32.4 Å². The number of benzene rings is 1. The van der Waals surface area contributed by atoms with Crippen LogP contribution in [0.3, 0.4) is 0 Å². The number of nitrogens with two attached hydrogens (primary N) is 1. The molecule has 1 saturated heterocycles. The van der Waals surface area contributed by atoms with Gasteiger partial charge in [-0.2, -0.15) is 4.31 Å². The summed E-state index contributed by atoms with van der Waals surface area (Å²) in [5.74, 6) is 0.356. The summed E-state index contributed by atoms with van der Waals surface area (Å²) in [5.41, 5.74) is 7.15. The van der Waals surface area contributed by atoms with Crippen molar-refractivity contribution in [3.8, 4) is 5.75 Å². The Labute approximate surface area is 120 Å². The summed E-state index contributed by atoms with van der Waals surface area (Å²) in [5, 5.41) is 0. The van der Waals surface area contributed by atoms with E-state index in [2.05, 4.69) is 0 Å². The molecule has 0 bridgehead atoms.